The smallest absolute Gasteiger partial charge is 0.255 e. The Hall–Kier alpha value is -2.99. The third-order valence-electron chi connectivity index (χ3n) is 6.72. The second-order valence-corrected chi connectivity index (χ2v) is 9.78. The molecule has 5 rings (SSSR count). The Morgan fingerprint density at radius 3 is 2.79 bits per heavy atom. The summed E-state index contributed by atoms with van der Waals surface area (Å²) in [6.45, 7) is 3.03. The Morgan fingerprint density at radius 1 is 1.24 bits per heavy atom. The van der Waals surface area contributed by atoms with Gasteiger partial charge in [-0.05, 0) is 73.4 Å². The number of pyridine rings is 1. The minimum Gasteiger partial charge on any atom is -0.334 e. The molecule has 1 aromatic carbocycles. The minimum atomic E-state index is -0.466. The van der Waals surface area contributed by atoms with Crippen molar-refractivity contribution in [2.24, 2.45) is 11.8 Å². The summed E-state index contributed by atoms with van der Waals surface area (Å²) < 4.78 is 13.4. The molecule has 34 heavy (non-hydrogen) atoms. The molecule has 5 nitrogen and oxygen atoms in total. The van der Waals surface area contributed by atoms with Gasteiger partial charge in [-0.25, -0.2) is 9.37 Å². The van der Waals surface area contributed by atoms with Gasteiger partial charge in [0.05, 0.1) is 16.3 Å². The number of benzene rings is 1. The Labute approximate surface area is 203 Å². The van der Waals surface area contributed by atoms with Crippen LogP contribution in [-0.2, 0) is 11.2 Å². The van der Waals surface area contributed by atoms with Gasteiger partial charge in [-0.3, -0.25) is 9.59 Å². The van der Waals surface area contributed by atoms with E-state index in [1.165, 1.54) is 18.2 Å². The number of aryl methyl sites for hydroxylation is 1. The molecule has 176 valence electrons. The van der Waals surface area contributed by atoms with Crippen molar-refractivity contribution in [1.82, 2.24) is 9.88 Å². The summed E-state index contributed by atoms with van der Waals surface area (Å²) in [5.41, 5.74) is 4.61. The van der Waals surface area contributed by atoms with Crippen LogP contribution in [0.25, 0.3) is 11.6 Å². The molecule has 1 atom stereocenters. The zero-order valence-corrected chi connectivity index (χ0v) is 19.9. The number of allylic oxidation sites excluding steroid dienone is 1. The van der Waals surface area contributed by atoms with Crippen LogP contribution in [-0.4, -0.2) is 34.8 Å². The number of anilines is 1. The number of rotatable bonds is 4. The average Bonchev–Trinajstić information content (AvgIpc) is 3.66. The number of aromatic nitrogens is 1. The van der Waals surface area contributed by atoms with Crippen LogP contribution in [0, 0.1) is 17.7 Å². The fourth-order valence-corrected chi connectivity index (χ4v) is 4.99. The van der Waals surface area contributed by atoms with Gasteiger partial charge in [-0.1, -0.05) is 36.8 Å². The molecule has 3 aliphatic rings. The lowest BCUT2D eigenvalue weighted by Crippen LogP contribution is -2.38. The second-order valence-electron chi connectivity index (χ2n) is 9.37. The van der Waals surface area contributed by atoms with E-state index in [1.54, 1.807) is 4.90 Å². The number of fused-ring (bicyclic) bond motifs is 1. The van der Waals surface area contributed by atoms with Gasteiger partial charge in [0, 0.05) is 24.6 Å². The molecule has 2 heterocycles. The van der Waals surface area contributed by atoms with Crippen molar-refractivity contribution < 1.29 is 14.0 Å². The number of carbonyl (C=O) groups excluding carboxylic acids is 2. The van der Waals surface area contributed by atoms with Gasteiger partial charge < -0.3 is 10.2 Å². The van der Waals surface area contributed by atoms with Crippen LogP contribution in [0.2, 0.25) is 5.02 Å². The van der Waals surface area contributed by atoms with E-state index in [9.17, 15) is 14.0 Å². The number of halogens is 2. The van der Waals surface area contributed by atoms with Crippen molar-refractivity contribution in [3.05, 3.63) is 69.6 Å². The minimum absolute atomic E-state index is 0.0428. The summed E-state index contributed by atoms with van der Waals surface area (Å²) >= 11 is 6.13. The molecule has 1 fully saturated rings. The fourth-order valence-electron chi connectivity index (χ4n) is 4.74. The maximum Gasteiger partial charge on any atom is 0.255 e. The lowest BCUT2D eigenvalue weighted by molar-refractivity contribution is -0.117. The maximum atomic E-state index is 13.4. The van der Waals surface area contributed by atoms with Gasteiger partial charge in [0.1, 0.15) is 11.6 Å². The number of hydrogen-bond acceptors (Lipinski definition) is 3. The topological polar surface area (TPSA) is 62.3 Å². The SMILES string of the molecule is CC1CN(C(=O)c2ccc(F)cc2Cl)CC=C1c1cc(NC(=O)C2CC2)nc2c1C=CCCC2. The number of carbonyl (C=O) groups is 2. The van der Waals surface area contributed by atoms with E-state index in [2.05, 4.69) is 30.5 Å². The molecule has 1 aromatic heterocycles. The van der Waals surface area contributed by atoms with Crippen molar-refractivity contribution in [2.75, 3.05) is 18.4 Å². The lowest BCUT2D eigenvalue weighted by atomic mass is 9.87. The number of hydrogen-bond donors (Lipinski definition) is 1. The van der Waals surface area contributed by atoms with E-state index >= 15 is 0 Å². The first-order valence-corrected chi connectivity index (χ1v) is 12.2. The highest BCUT2D eigenvalue weighted by Crippen LogP contribution is 2.36. The third kappa shape index (κ3) is 4.64. The van der Waals surface area contributed by atoms with Crippen LogP contribution < -0.4 is 5.32 Å². The van der Waals surface area contributed by atoms with Gasteiger partial charge in [0.15, 0.2) is 0 Å². The van der Waals surface area contributed by atoms with Crippen LogP contribution in [0.5, 0.6) is 0 Å². The Kier molecular flexibility index (Phi) is 6.26. The standard InChI is InChI=1S/C27H27ClFN3O2/c1-16-15-32(27(34)21-10-9-18(29)13-23(21)28)12-11-19(16)22-14-25(31-26(33)17-7-8-17)30-24-6-4-2-3-5-20(22)24/h3,5,9-11,13-14,16-17H,2,4,6-8,12,15H2,1H3,(H,30,31,33). The van der Waals surface area contributed by atoms with Crippen LogP contribution in [0.15, 0.2) is 36.4 Å². The molecule has 0 spiro atoms. The first-order chi connectivity index (χ1) is 16.4. The molecule has 0 radical (unpaired) electrons. The number of nitrogens with zero attached hydrogens (tertiary/aromatic N) is 2. The third-order valence-corrected chi connectivity index (χ3v) is 7.04. The van der Waals surface area contributed by atoms with Crippen molar-refractivity contribution in [3.63, 3.8) is 0 Å². The first kappa shape index (κ1) is 22.8. The normalized spacial score (nSPS) is 19.8. The van der Waals surface area contributed by atoms with Crippen molar-refractivity contribution in [2.45, 2.75) is 39.0 Å². The van der Waals surface area contributed by atoms with E-state index in [4.69, 9.17) is 16.6 Å². The summed E-state index contributed by atoms with van der Waals surface area (Å²) in [6.07, 6.45) is 11.1. The molecule has 1 aliphatic heterocycles. The number of nitrogens with one attached hydrogen (secondary N) is 1. The largest absolute Gasteiger partial charge is 0.334 e. The van der Waals surface area contributed by atoms with E-state index in [0.717, 1.165) is 54.5 Å². The van der Waals surface area contributed by atoms with Gasteiger partial charge in [0.25, 0.3) is 5.91 Å². The monoisotopic (exact) mass is 479 g/mol. The average molecular weight is 480 g/mol. The van der Waals surface area contributed by atoms with Gasteiger partial charge in [-0.2, -0.15) is 0 Å². The van der Waals surface area contributed by atoms with Crippen LogP contribution >= 0.6 is 11.6 Å². The summed E-state index contributed by atoms with van der Waals surface area (Å²) in [7, 11) is 0. The molecule has 0 saturated heterocycles. The number of amides is 2. The van der Waals surface area contributed by atoms with Crippen molar-refractivity contribution in [1.29, 1.82) is 0 Å². The molecule has 1 unspecified atom stereocenters. The molecule has 2 aromatic rings. The van der Waals surface area contributed by atoms with E-state index in [-0.39, 0.29) is 28.7 Å². The maximum absolute atomic E-state index is 13.4. The summed E-state index contributed by atoms with van der Waals surface area (Å²) in [4.78, 5) is 32.0. The first-order valence-electron chi connectivity index (χ1n) is 11.9. The van der Waals surface area contributed by atoms with Crippen LogP contribution in [0.1, 0.15) is 59.8 Å². The quantitative estimate of drug-likeness (QED) is 0.607. The van der Waals surface area contributed by atoms with Gasteiger partial charge in [-0.15, -0.1) is 0 Å². The Bertz CT molecular complexity index is 1220. The molecule has 7 heteroatoms. The highest BCUT2D eigenvalue weighted by molar-refractivity contribution is 6.33. The zero-order valence-electron chi connectivity index (χ0n) is 19.1. The highest BCUT2D eigenvalue weighted by atomic mass is 35.5. The lowest BCUT2D eigenvalue weighted by Gasteiger charge is -2.32. The highest BCUT2D eigenvalue weighted by Gasteiger charge is 2.31. The molecule has 2 aliphatic carbocycles. The van der Waals surface area contributed by atoms with E-state index in [0.29, 0.717) is 24.5 Å². The molecule has 1 saturated carbocycles. The second kappa shape index (κ2) is 9.34. The van der Waals surface area contributed by atoms with Crippen LogP contribution in [0.3, 0.4) is 0 Å². The predicted molar refractivity (Wildman–Crippen MR) is 132 cm³/mol. The predicted octanol–water partition coefficient (Wildman–Crippen LogP) is 5.75. The van der Waals surface area contributed by atoms with Crippen molar-refractivity contribution >= 4 is 40.9 Å². The summed E-state index contributed by atoms with van der Waals surface area (Å²) in [6, 6.07) is 5.83. The fraction of sp³-hybridized carbons (Fsp3) is 0.370. The summed E-state index contributed by atoms with van der Waals surface area (Å²) in [5, 5.41) is 3.14. The molecular formula is C27H27ClFN3O2. The Balaban J connectivity index is 1.46. The molecular weight excluding hydrogens is 453 g/mol. The zero-order chi connectivity index (χ0) is 23.8. The van der Waals surface area contributed by atoms with Crippen molar-refractivity contribution in [3.8, 4) is 0 Å². The van der Waals surface area contributed by atoms with Crippen LogP contribution in [0.4, 0.5) is 10.2 Å². The van der Waals surface area contributed by atoms with Gasteiger partial charge >= 0.3 is 0 Å². The van der Waals surface area contributed by atoms with E-state index < -0.39 is 5.82 Å². The van der Waals surface area contributed by atoms with Gasteiger partial charge in [0.2, 0.25) is 5.91 Å². The van der Waals surface area contributed by atoms with E-state index in [1.807, 2.05) is 6.07 Å². The molecule has 1 N–H and O–H groups in total. The Morgan fingerprint density at radius 2 is 2.06 bits per heavy atom. The molecule has 0 bridgehead atoms. The molecule has 2 amide bonds. The summed E-state index contributed by atoms with van der Waals surface area (Å²) in [5.74, 6) is 0.137.